The third kappa shape index (κ3) is 6.70. The van der Waals surface area contributed by atoms with E-state index in [-0.39, 0.29) is 24.8 Å². The highest BCUT2D eigenvalue weighted by atomic mass is 35.5. The van der Waals surface area contributed by atoms with Crippen molar-refractivity contribution in [3.63, 3.8) is 0 Å². The van der Waals surface area contributed by atoms with E-state index in [1.54, 1.807) is 0 Å². The van der Waals surface area contributed by atoms with Crippen LogP contribution in [0.15, 0.2) is 36.9 Å². The lowest BCUT2D eigenvalue weighted by atomic mass is 9.86. The smallest absolute Gasteiger partial charge is 0.0239 e. The molecule has 0 saturated heterocycles. The molecule has 2 rings (SSSR count). The van der Waals surface area contributed by atoms with Crippen molar-refractivity contribution >= 4 is 24.8 Å². The quantitative estimate of drug-likeness (QED) is 0.777. The van der Waals surface area contributed by atoms with Gasteiger partial charge in [-0.2, -0.15) is 0 Å². The number of nitrogens with zero attached hydrogens (tertiary/aromatic N) is 1. The Kier molecular flexibility index (Phi) is 10.8. The van der Waals surface area contributed by atoms with E-state index in [4.69, 9.17) is 5.73 Å². The maximum atomic E-state index is 6.11. The SMILES string of the molecule is C=CCN(Cc1ccccc1C)C[C@@H]1CCC[C@H](N)C1.Cl.Cl. The first-order chi connectivity index (χ1) is 9.69. The molecule has 2 N–H and O–H groups in total. The van der Waals surface area contributed by atoms with Gasteiger partial charge in [0.25, 0.3) is 0 Å². The summed E-state index contributed by atoms with van der Waals surface area (Å²) >= 11 is 0. The van der Waals surface area contributed by atoms with Crippen molar-refractivity contribution in [3.8, 4) is 0 Å². The second-order valence-electron chi connectivity index (χ2n) is 6.20. The predicted molar refractivity (Wildman–Crippen MR) is 101 cm³/mol. The van der Waals surface area contributed by atoms with Crippen LogP contribution in [0.3, 0.4) is 0 Å². The molecule has 0 unspecified atom stereocenters. The zero-order chi connectivity index (χ0) is 14.4. The maximum Gasteiger partial charge on any atom is 0.0239 e. The van der Waals surface area contributed by atoms with Gasteiger partial charge in [0, 0.05) is 25.7 Å². The second-order valence-corrected chi connectivity index (χ2v) is 6.20. The number of rotatable bonds is 6. The average Bonchev–Trinajstić information content (AvgIpc) is 2.42. The fourth-order valence-electron chi connectivity index (χ4n) is 3.28. The van der Waals surface area contributed by atoms with E-state index in [1.807, 2.05) is 6.08 Å². The molecule has 1 fully saturated rings. The van der Waals surface area contributed by atoms with Gasteiger partial charge in [-0.15, -0.1) is 31.4 Å². The van der Waals surface area contributed by atoms with E-state index in [9.17, 15) is 0 Å². The van der Waals surface area contributed by atoms with E-state index < -0.39 is 0 Å². The summed E-state index contributed by atoms with van der Waals surface area (Å²) in [4.78, 5) is 2.51. The molecule has 0 bridgehead atoms. The van der Waals surface area contributed by atoms with Crippen molar-refractivity contribution in [2.24, 2.45) is 11.7 Å². The highest BCUT2D eigenvalue weighted by Crippen LogP contribution is 2.24. The minimum atomic E-state index is 0. The molecule has 0 radical (unpaired) electrons. The van der Waals surface area contributed by atoms with Gasteiger partial charge in [-0.25, -0.2) is 0 Å². The molecule has 2 nitrogen and oxygen atoms in total. The van der Waals surface area contributed by atoms with Crippen molar-refractivity contribution in [1.82, 2.24) is 4.90 Å². The van der Waals surface area contributed by atoms with Gasteiger partial charge in [-0.3, -0.25) is 4.90 Å². The Morgan fingerprint density at radius 3 is 2.64 bits per heavy atom. The highest BCUT2D eigenvalue weighted by molar-refractivity contribution is 5.85. The van der Waals surface area contributed by atoms with Crippen molar-refractivity contribution in [2.45, 2.75) is 45.2 Å². The van der Waals surface area contributed by atoms with Gasteiger partial charge in [0.15, 0.2) is 0 Å². The van der Waals surface area contributed by atoms with Crippen LogP contribution in [0, 0.1) is 12.8 Å². The fourth-order valence-corrected chi connectivity index (χ4v) is 3.28. The van der Waals surface area contributed by atoms with Crippen molar-refractivity contribution in [3.05, 3.63) is 48.0 Å². The number of benzene rings is 1. The lowest BCUT2D eigenvalue weighted by molar-refractivity contribution is 0.200. The summed E-state index contributed by atoms with van der Waals surface area (Å²) in [5.74, 6) is 0.753. The monoisotopic (exact) mass is 344 g/mol. The van der Waals surface area contributed by atoms with Gasteiger partial charge < -0.3 is 5.73 Å². The van der Waals surface area contributed by atoms with Gasteiger partial charge in [0.05, 0.1) is 0 Å². The number of hydrogen-bond acceptors (Lipinski definition) is 2. The molecule has 1 aliphatic carbocycles. The molecule has 22 heavy (non-hydrogen) atoms. The third-order valence-corrected chi connectivity index (χ3v) is 4.38. The molecule has 1 aromatic carbocycles. The zero-order valence-corrected chi connectivity index (χ0v) is 15.2. The van der Waals surface area contributed by atoms with Crippen LogP contribution in [0.1, 0.15) is 36.8 Å². The Morgan fingerprint density at radius 1 is 1.27 bits per heavy atom. The van der Waals surface area contributed by atoms with Crippen LogP contribution in [0.2, 0.25) is 0 Å². The Hall–Kier alpha value is -0.540. The number of hydrogen-bond donors (Lipinski definition) is 1. The van der Waals surface area contributed by atoms with E-state index in [0.717, 1.165) is 25.6 Å². The minimum Gasteiger partial charge on any atom is -0.328 e. The summed E-state index contributed by atoms with van der Waals surface area (Å²) in [6, 6.07) is 9.08. The first kappa shape index (κ1) is 21.5. The van der Waals surface area contributed by atoms with Crippen molar-refractivity contribution in [2.75, 3.05) is 13.1 Å². The van der Waals surface area contributed by atoms with Gasteiger partial charge in [0.2, 0.25) is 0 Å². The number of aryl methyl sites for hydroxylation is 1. The molecular formula is C18H30Cl2N2. The summed E-state index contributed by atoms with van der Waals surface area (Å²) in [6.45, 7) is 9.22. The second kappa shape index (κ2) is 11.1. The Morgan fingerprint density at radius 2 is 2.00 bits per heavy atom. The minimum absolute atomic E-state index is 0. The van der Waals surface area contributed by atoms with Crippen LogP contribution in [-0.2, 0) is 6.54 Å². The Balaban J connectivity index is 0.00000220. The summed E-state index contributed by atoms with van der Waals surface area (Å²) < 4.78 is 0. The van der Waals surface area contributed by atoms with Gasteiger partial charge in [-0.1, -0.05) is 36.8 Å². The molecule has 0 spiro atoms. The van der Waals surface area contributed by atoms with Crippen LogP contribution < -0.4 is 5.73 Å². The summed E-state index contributed by atoms with van der Waals surface area (Å²) in [7, 11) is 0. The molecule has 2 atom stereocenters. The molecule has 0 aromatic heterocycles. The normalized spacial score (nSPS) is 20.9. The third-order valence-electron chi connectivity index (χ3n) is 4.38. The van der Waals surface area contributed by atoms with Crippen LogP contribution in [0.25, 0.3) is 0 Å². The van der Waals surface area contributed by atoms with Gasteiger partial charge in [0.1, 0.15) is 0 Å². The molecule has 4 heteroatoms. The summed E-state index contributed by atoms with van der Waals surface area (Å²) in [5, 5.41) is 0. The largest absolute Gasteiger partial charge is 0.328 e. The summed E-state index contributed by atoms with van der Waals surface area (Å²) in [5.41, 5.74) is 8.92. The molecule has 126 valence electrons. The topological polar surface area (TPSA) is 29.3 Å². The van der Waals surface area contributed by atoms with Gasteiger partial charge >= 0.3 is 0 Å². The average molecular weight is 345 g/mol. The standard InChI is InChI=1S/C18H28N2.2ClH/c1-3-11-20(13-16-8-6-10-18(19)12-16)14-17-9-5-4-7-15(17)2;;/h3-5,7,9,16,18H,1,6,8,10-14,19H2,2H3;2*1H/t16-,18+;;/m1../s1. The zero-order valence-electron chi connectivity index (χ0n) is 13.5. The molecule has 1 saturated carbocycles. The van der Waals surface area contributed by atoms with E-state index in [0.29, 0.717) is 6.04 Å². The van der Waals surface area contributed by atoms with Crippen LogP contribution in [0.5, 0.6) is 0 Å². The van der Waals surface area contributed by atoms with E-state index in [2.05, 4.69) is 42.7 Å². The first-order valence-electron chi connectivity index (χ1n) is 7.82. The maximum absolute atomic E-state index is 6.11. The van der Waals surface area contributed by atoms with Crippen LogP contribution >= 0.6 is 24.8 Å². The molecular weight excluding hydrogens is 315 g/mol. The Bertz CT molecular complexity index is 437. The number of halogens is 2. The highest BCUT2D eigenvalue weighted by Gasteiger charge is 2.21. The molecule has 0 amide bonds. The summed E-state index contributed by atoms with van der Waals surface area (Å²) in [6.07, 6.45) is 7.02. The predicted octanol–water partition coefficient (Wildman–Crippen LogP) is 4.34. The van der Waals surface area contributed by atoms with Gasteiger partial charge in [-0.05, 0) is 43.2 Å². The first-order valence-corrected chi connectivity index (χ1v) is 7.82. The molecule has 0 heterocycles. The molecule has 1 aromatic rings. The lowest BCUT2D eigenvalue weighted by Crippen LogP contribution is -2.35. The van der Waals surface area contributed by atoms with E-state index in [1.165, 1.54) is 36.8 Å². The van der Waals surface area contributed by atoms with E-state index >= 15 is 0 Å². The Labute approximate surface area is 148 Å². The molecule has 1 aliphatic rings. The van der Waals surface area contributed by atoms with Crippen LogP contribution in [0.4, 0.5) is 0 Å². The van der Waals surface area contributed by atoms with Crippen LogP contribution in [-0.4, -0.2) is 24.0 Å². The lowest BCUT2D eigenvalue weighted by Gasteiger charge is -2.32. The number of nitrogens with two attached hydrogens (primary N) is 1. The molecule has 0 aliphatic heterocycles. The van der Waals surface area contributed by atoms with Crippen molar-refractivity contribution in [1.29, 1.82) is 0 Å². The van der Waals surface area contributed by atoms with Crippen molar-refractivity contribution < 1.29 is 0 Å². The fraction of sp³-hybridized carbons (Fsp3) is 0.556.